The van der Waals surface area contributed by atoms with E-state index in [0.717, 1.165) is 5.56 Å². The molecule has 0 bridgehead atoms. The van der Waals surface area contributed by atoms with Crippen LogP contribution in [0.1, 0.15) is 26.3 Å². The van der Waals surface area contributed by atoms with Crippen LogP contribution in [0, 0.1) is 6.92 Å². The summed E-state index contributed by atoms with van der Waals surface area (Å²) in [6, 6.07) is 15.9. The van der Waals surface area contributed by atoms with Gasteiger partial charge in [0.2, 0.25) is 0 Å². The van der Waals surface area contributed by atoms with Crippen LogP contribution in [0.5, 0.6) is 11.5 Å². The van der Waals surface area contributed by atoms with Crippen molar-refractivity contribution in [3.8, 4) is 11.5 Å². The molecule has 0 aliphatic carbocycles. The zero-order valence-corrected chi connectivity index (χ0v) is 17.8. The molecular weight excluding hydrogens is 424 g/mol. The highest BCUT2D eigenvalue weighted by Crippen LogP contribution is 2.31. The molecule has 4 rings (SSSR count). The van der Waals surface area contributed by atoms with E-state index < -0.39 is 6.03 Å². The zero-order chi connectivity index (χ0) is 23.4. The fourth-order valence-corrected chi connectivity index (χ4v) is 3.26. The number of anilines is 3. The second-order valence-electron chi connectivity index (χ2n) is 7.36. The van der Waals surface area contributed by atoms with Crippen LogP contribution >= 0.6 is 0 Å². The molecule has 0 saturated heterocycles. The van der Waals surface area contributed by atoms with Crippen molar-refractivity contribution in [2.75, 3.05) is 29.2 Å². The number of hydrogen-bond donors (Lipinski definition) is 4. The average molecular weight is 446 g/mol. The summed E-state index contributed by atoms with van der Waals surface area (Å²) in [5.74, 6) is 0.451. The maximum absolute atomic E-state index is 12.8. The zero-order valence-electron chi connectivity index (χ0n) is 17.8. The van der Waals surface area contributed by atoms with E-state index in [4.69, 9.17) is 15.2 Å². The topological polar surface area (TPSA) is 132 Å². The predicted molar refractivity (Wildman–Crippen MR) is 124 cm³/mol. The number of fused-ring (bicyclic) bond motifs is 1. The van der Waals surface area contributed by atoms with Gasteiger partial charge in [0, 0.05) is 28.2 Å². The number of nitrogens with two attached hydrogens (primary N) is 1. The Balaban J connectivity index is 1.46. The van der Waals surface area contributed by atoms with Crippen LogP contribution in [0.3, 0.4) is 0 Å². The van der Waals surface area contributed by atoms with Crippen molar-refractivity contribution in [3.05, 3.63) is 77.4 Å². The molecule has 168 valence electrons. The molecule has 0 unspecified atom stereocenters. The van der Waals surface area contributed by atoms with Crippen LogP contribution < -0.4 is 31.2 Å². The maximum Gasteiger partial charge on any atom is 0.316 e. The molecule has 5 N–H and O–H groups in total. The number of primary amides is 1. The number of rotatable bonds is 5. The molecule has 0 aromatic heterocycles. The van der Waals surface area contributed by atoms with Crippen molar-refractivity contribution in [1.29, 1.82) is 0 Å². The molecule has 9 heteroatoms. The van der Waals surface area contributed by atoms with Gasteiger partial charge in [-0.05, 0) is 67.1 Å². The van der Waals surface area contributed by atoms with Crippen molar-refractivity contribution in [2.24, 2.45) is 5.73 Å². The van der Waals surface area contributed by atoms with Gasteiger partial charge in [-0.3, -0.25) is 9.59 Å². The van der Waals surface area contributed by atoms with Crippen LogP contribution in [0.4, 0.5) is 21.9 Å². The van der Waals surface area contributed by atoms with Gasteiger partial charge in [-0.1, -0.05) is 6.07 Å². The highest BCUT2D eigenvalue weighted by Gasteiger charge is 2.16. The maximum atomic E-state index is 12.8. The SMILES string of the molecule is Cc1ccc(C(=O)Nc2ccc(NC(N)=O)cc2)cc1NC(=O)c1ccc2c(c1)OCCO2. The third-order valence-corrected chi connectivity index (χ3v) is 4.96. The number of nitrogens with one attached hydrogen (secondary N) is 3. The molecule has 1 aliphatic heterocycles. The minimum atomic E-state index is -0.669. The van der Waals surface area contributed by atoms with E-state index >= 15 is 0 Å². The van der Waals surface area contributed by atoms with Gasteiger partial charge in [-0.25, -0.2) is 4.79 Å². The van der Waals surface area contributed by atoms with Crippen molar-refractivity contribution < 1.29 is 23.9 Å². The molecule has 1 aliphatic rings. The van der Waals surface area contributed by atoms with Crippen LogP contribution in [0.25, 0.3) is 0 Å². The second kappa shape index (κ2) is 9.31. The summed E-state index contributed by atoms with van der Waals surface area (Å²) in [4.78, 5) is 36.4. The van der Waals surface area contributed by atoms with E-state index in [1.165, 1.54) is 0 Å². The lowest BCUT2D eigenvalue weighted by molar-refractivity contribution is 0.101. The molecule has 33 heavy (non-hydrogen) atoms. The van der Waals surface area contributed by atoms with E-state index in [9.17, 15) is 14.4 Å². The summed E-state index contributed by atoms with van der Waals surface area (Å²) < 4.78 is 11.0. The monoisotopic (exact) mass is 446 g/mol. The number of amides is 4. The second-order valence-corrected chi connectivity index (χ2v) is 7.36. The van der Waals surface area contributed by atoms with Crippen molar-refractivity contribution in [3.63, 3.8) is 0 Å². The molecule has 0 atom stereocenters. The van der Waals surface area contributed by atoms with Crippen molar-refractivity contribution in [1.82, 2.24) is 0 Å². The van der Waals surface area contributed by atoms with Gasteiger partial charge in [-0.2, -0.15) is 0 Å². The van der Waals surface area contributed by atoms with Gasteiger partial charge in [0.25, 0.3) is 11.8 Å². The lowest BCUT2D eigenvalue weighted by atomic mass is 10.1. The fraction of sp³-hybridized carbons (Fsp3) is 0.125. The van der Waals surface area contributed by atoms with Gasteiger partial charge in [0.15, 0.2) is 11.5 Å². The number of benzene rings is 3. The normalized spacial score (nSPS) is 11.9. The lowest BCUT2D eigenvalue weighted by Crippen LogP contribution is -2.19. The van der Waals surface area contributed by atoms with Gasteiger partial charge in [-0.15, -0.1) is 0 Å². The Bertz CT molecular complexity index is 1220. The van der Waals surface area contributed by atoms with Crippen LogP contribution in [0.15, 0.2) is 60.7 Å². The van der Waals surface area contributed by atoms with Crippen LogP contribution in [-0.4, -0.2) is 31.1 Å². The van der Waals surface area contributed by atoms with E-state index in [-0.39, 0.29) is 11.8 Å². The molecule has 3 aromatic rings. The minimum absolute atomic E-state index is 0.329. The Labute approximate surface area is 189 Å². The van der Waals surface area contributed by atoms with Gasteiger partial charge < -0.3 is 31.2 Å². The number of carbonyl (C=O) groups excluding carboxylic acids is 3. The Kier molecular flexibility index (Phi) is 6.12. The molecule has 0 saturated carbocycles. The van der Waals surface area contributed by atoms with Crippen LogP contribution in [0.2, 0.25) is 0 Å². The van der Waals surface area contributed by atoms with Gasteiger partial charge >= 0.3 is 6.03 Å². The number of ether oxygens (including phenoxy) is 2. The first-order chi connectivity index (χ1) is 15.9. The summed E-state index contributed by atoms with van der Waals surface area (Å²) in [7, 11) is 0. The fourth-order valence-electron chi connectivity index (χ4n) is 3.26. The Morgan fingerprint density at radius 1 is 0.727 bits per heavy atom. The molecule has 1 heterocycles. The lowest BCUT2D eigenvalue weighted by Gasteiger charge is -2.19. The summed E-state index contributed by atoms with van der Waals surface area (Å²) in [6.07, 6.45) is 0. The Morgan fingerprint density at radius 3 is 2.00 bits per heavy atom. The molecular formula is C24H22N4O5. The first-order valence-corrected chi connectivity index (χ1v) is 10.2. The van der Waals surface area contributed by atoms with E-state index in [2.05, 4.69) is 16.0 Å². The average Bonchev–Trinajstić information content (AvgIpc) is 2.81. The molecule has 3 aromatic carbocycles. The molecule has 9 nitrogen and oxygen atoms in total. The summed E-state index contributed by atoms with van der Waals surface area (Å²) in [5, 5.41) is 8.08. The number of hydrogen-bond acceptors (Lipinski definition) is 5. The largest absolute Gasteiger partial charge is 0.486 e. The summed E-state index contributed by atoms with van der Waals surface area (Å²) in [6.45, 7) is 2.74. The highest BCUT2D eigenvalue weighted by molar-refractivity contribution is 6.08. The summed E-state index contributed by atoms with van der Waals surface area (Å²) >= 11 is 0. The van der Waals surface area contributed by atoms with Crippen molar-refractivity contribution in [2.45, 2.75) is 6.92 Å². The van der Waals surface area contributed by atoms with E-state index in [1.807, 2.05) is 6.92 Å². The third kappa shape index (κ3) is 5.21. The smallest absolute Gasteiger partial charge is 0.316 e. The first kappa shape index (κ1) is 21.7. The number of carbonyl (C=O) groups is 3. The first-order valence-electron chi connectivity index (χ1n) is 10.2. The highest BCUT2D eigenvalue weighted by atomic mass is 16.6. The Morgan fingerprint density at radius 2 is 1.30 bits per heavy atom. The molecule has 4 amide bonds. The molecule has 0 fully saturated rings. The number of aryl methyl sites for hydroxylation is 1. The third-order valence-electron chi connectivity index (χ3n) is 4.96. The predicted octanol–water partition coefficient (Wildman–Crippen LogP) is 3.76. The van der Waals surface area contributed by atoms with Crippen LogP contribution in [-0.2, 0) is 0 Å². The van der Waals surface area contributed by atoms with Gasteiger partial charge in [0.1, 0.15) is 13.2 Å². The standard InChI is InChI=1S/C24H22N4O5/c1-14-2-3-15(22(29)26-17-5-7-18(8-6-17)27-24(25)31)12-19(14)28-23(30)16-4-9-20-21(13-16)33-11-10-32-20/h2-9,12-13H,10-11H2,1H3,(H,26,29)(H,28,30)(H3,25,27,31). The molecule has 0 spiro atoms. The molecule has 0 radical (unpaired) electrons. The quantitative estimate of drug-likeness (QED) is 0.474. The summed E-state index contributed by atoms with van der Waals surface area (Å²) in [5.41, 5.74) is 8.25. The van der Waals surface area contributed by atoms with E-state index in [0.29, 0.717) is 52.9 Å². The minimum Gasteiger partial charge on any atom is -0.486 e. The van der Waals surface area contributed by atoms with E-state index in [1.54, 1.807) is 60.7 Å². The Hall–Kier alpha value is -4.53. The van der Waals surface area contributed by atoms with Gasteiger partial charge in [0.05, 0.1) is 0 Å². The van der Waals surface area contributed by atoms with Crippen molar-refractivity contribution >= 4 is 34.9 Å². The number of urea groups is 1.